The molecule has 1 unspecified atom stereocenters. The van der Waals surface area contributed by atoms with Crippen LogP contribution in [0.1, 0.15) is 24.1 Å². The van der Waals surface area contributed by atoms with Gasteiger partial charge in [0.1, 0.15) is 18.2 Å². The summed E-state index contributed by atoms with van der Waals surface area (Å²) in [4.78, 5) is 0. The lowest BCUT2D eigenvalue weighted by molar-refractivity contribution is 0.305. The maximum absolute atomic E-state index is 13.0. The maximum Gasteiger partial charge on any atom is 0.123 e. The Bertz CT molecular complexity index is 525. The van der Waals surface area contributed by atoms with Gasteiger partial charge < -0.3 is 10.5 Å². The molecule has 0 aliphatic carbocycles. The third-order valence-electron chi connectivity index (χ3n) is 2.68. The molecule has 0 amide bonds. The summed E-state index contributed by atoms with van der Waals surface area (Å²) >= 11 is 0. The minimum atomic E-state index is -0.250. The number of hydrogen-bond donors (Lipinski definition) is 1. The molecule has 0 fully saturated rings. The Morgan fingerprint density at radius 1 is 1.17 bits per heavy atom. The van der Waals surface area contributed by atoms with Gasteiger partial charge in [0.05, 0.1) is 0 Å². The second-order valence-corrected chi connectivity index (χ2v) is 4.28. The fraction of sp³-hybridized carbons (Fsp3) is 0.200. The standard InChI is InChI=1S/C15H16FNO/c1-11(17)13-5-3-7-15(9-13)18-10-12-4-2-6-14(16)8-12/h2-9,11H,10,17H2,1H3. The SMILES string of the molecule is CC(N)c1cccc(OCc2cccc(F)c2)c1. The van der Waals surface area contributed by atoms with Crippen LogP contribution in [-0.4, -0.2) is 0 Å². The van der Waals surface area contributed by atoms with E-state index >= 15 is 0 Å². The van der Waals surface area contributed by atoms with Crippen molar-refractivity contribution in [2.75, 3.05) is 0 Å². The average molecular weight is 245 g/mol. The van der Waals surface area contributed by atoms with Gasteiger partial charge in [-0.05, 0) is 42.3 Å². The molecular formula is C15H16FNO. The first-order valence-electron chi connectivity index (χ1n) is 5.88. The van der Waals surface area contributed by atoms with Gasteiger partial charge in [0.25, 0.3) is 0 Å². The molecule has 0 saturated carbocycles. The van der Waals surface area contributed by atoms with E-state index in [2.05, 4.69) is 0 Å². The van der Waals surface area contributed by atoms with Gasteiger partial charge in [0.2, 0.25) is 0 Å². The molecule has 2 N–H and O–H groups in total. The first-order valence-corrected chi connectivity index (χ1v) is 5.88. The molecular weight excluding hydrogens is 229 g/mol. The lowest BCUT2D eigenvalue weighted by Crippen LogP contribution is -2.05. The van der Waals surface area contributed by atoms with E-state index in [9.17, 15) is 4.39 Å². The van der Waals surface area contributed by atoms with Crippen molar-refractivity contribution in [2.24, 2.45) is 5.73 Å². The van der Waals surface area contributed by atoms with Gasteiger partial charge in [-0.2, -0.15) is 0 Å². The molecule has 2 aromatic rings. The number of halogens is 1. The van der Waals surface area contributed by atoms with Crippen molar-refractivity contribution in [3.63, 3.8) is 0 Å². The first-order chi connectivity index (χ1) is 8.65. The van der Waals surface area contributed by atoms with Crippen LogP contribution in [0.2, 0.25) is 0 Å². The van der Waals surface area contributed by atoms with Crippen molar-refractivity contribution in [1.29, 1.82) is 0 Å². The van der Waals surface area contributed by atoms with Crippen molar-refractivity contribution >= 4 is 0 Å². The first kappa shape index (κ1) is 12.6. The lowest BCUT2D eigenvalue weighted by Gasteiger charge is -2.10. The Hall–Kier alpha value is -1.87. The third kappa shape index (κ3) is 3.31. The average Bonchev–Trinajstić information content (AvgIpc) is 2.37. The summed E-state index contributed by atoms with van der Waals surface area (Å²) in [5.74, 6) is 0.495. The van der Waals surface area contributed by atoms with Crippen LogP contribution < -0.4 is 10.5 Å². The predicted octanol–water partition coefficient (Wildman–Crippen LogP) is 3.42. The van der Waals surface area contributed by atoms with E-state index in [4.69, 9.17) is 10.5 Å². The van der Waals surface area contributed by atoms with E-state index in [0.717, 1.165) is 16.9 Å². The second-order valence-electron chi connectivity index (χ2n) is 4.28. The highest BCUT2D eigenvalue weighted by Crippen LogP contribution is 2.18. The van der Waals surface area contributed by atoms with E-state index in [-0.39, 0.29) is 11.9 Å². The Kier molecular flexibility index (Phi) is 3.95. The summed E-state index contributed by atoms with van der Waals surface area (Å²) in [5.41, 5.74) is 7.63. The summed E-state index contributed by atoms with van der Waals surface area (Å²) in [7, 11) is 0. The molecule has 94 valence electrons. The maximum atomic E-state index is 13.0. The fourth-order valence-electron chi connectivity index (χ4n) is 1.68. The van der Waals surface area contributed by atoms with E-state index in [1.54, 1.807) is 6.07 Å². The van der Waals surface area contributed by atoms with Gasteiger partial charge >= 0.3 is 0 Å². The Morgan fingerprint density at radius 2 is 1.94 bits per heavy atom. The van der Waals surface area contributed by atoms with Crippen LogP contribution in [0.5, 0.6) is 5.75 Å². The molecule has 0 aliphatic heterocycles. The number of benzene rings is 2. The highest BCUT2D eigenvalue weighted by atomic mass is 19.1. The smallest absolute Gasteiger partial charge is 0.123 e. The van der Waals surface area contributed by atoms with E-state index in [1.807, 2.05) is 37.3 Å². The van der Waals surface area contributed by atoms with Crippen LogP contribution in [0.25, 0.3) is 0 Å². The van der Waals surface area contributed by atoms with Crippen molar-refractivity contribution in [2.45, 2.75) is 19.6 Å². The molecule has 0 aromatic heterocycles. The van der Waals surface area contributed by atoms with Gasteiger partial charge in [0.15, 0.2) is 0 Å². The van der Waals surface area contributed by atoms with Crippen molar-refractivity contribution in [3.8, 4) is 5.75 Å². The largest absolute Gasteiger partial charge is 0.489 e. The van der Waals surface area contributed by atoms with E-state index < -0.39 is 0 Å². The van der Waals surface area contributed by atoms with Crippen LogP contribution in [0.4, 0.5) is 4.39 Å². The summed E-state index contributed by atoms with van der Waals surface area (Å²) in [6.07, 6.45) is 0. The minimum Gasteiger partial charge on any atom is -0.489 e. The summed E-state index contributed by atoms with van der Waals surface area (Å²) in [5, 5.41) is 0. The van der Waals surface area contributed by atoms with Gasteiger partial charge in [-0.15, -0.1) is 0 Å². The highest BCUT2D eigenvalue weighted by Gasteiger charge is 2.02. The quantitative estimate of drug-likeness (QED) is 0.895. The molecule has 0 saturated heterocycles. The summed E-state index contributed by atoms with van der Waals surface area (Å²) in [6, 6.07) is 14.0. The van der Waals surface area contributed by atoms with Crippen molar-refractivity contribution < 1.29 is 9.13 Å². The van der Waals surface area contributed by atoms with Crippen LogP contribution in [0.3, 0.4) is 0 Å². The van der Waals surface area contributed by atoms with Gasteiger partial charge in [-0.1, -0.05) is 24.3 Å². The predicted molar refractivity (Wildman–Crippen MR) is 69.8 cm³/mol. The zero-order chi connectivity index (χ0) is 13.0. The second kappa shape index (κ2) is 5.65. The van der Waals surface area contributed by atoms with Gasteiger partial charge in [-0.3, -0.25) is 0 Å². The molecule has 18 heavy (non-hydrogen) atoms. The molecule has 3 heteroatoms. The topological polar surface area (TPSA) is 35.2 Å². The van der Waals surface area contributed by atoms with Crippen molar-refractivity contribution in [1.82, 2.24) is 0 Å². The Balaban J connectivity index is 2.04. The Labute approximate surface area is 106 Å². The van der Waals surface area contributed by atoms with Crippen LogP contribution in [-0.2, 0) is 6.61 Å². The molecule has 2 aromatic carbocycles. The molecule has 0 radical (unpaired) electrons. The zero-order valence-corrected chi connectivity index (χ0v) is 10.3. The van der Waals surface area contributed by atoms with Gasteiger partial charge in [0, 0.05) is 6.04 Å². The van der Waals surface area contributed by atoms with Gasteiger partial charge in [-0.25, -0.2) is 4.39 Å². The Morgan fingerprint density at radius 3 is 2.67 bits per heavy atom. The number of ether oxygens (including phenoxy) is 1. The number of hydrogen-bond acceptors (Lipinski definition) is 2. The fourth-order valence-corrected chi connectivity index (χ4v) is 1.68. The summed E-state index contributed by atoms with van der Waals surface area (Å²) < 4.78 is 18.6. The molecule has 1 atom stereocenters. The molecule has 2 nitrogen and oxygen atoms in total. The molecule has 0 aliphatic rings. The highest BCUT2D eigenvalue weighted by molar-refractivity contribution is 5.30. The molecule has 0 spiro atoms. The number of rotatable bonds is 4. The van der Waals surface area contributed by atoms with E-state index in [0.29, 0.717) is 6.61 Å². The zero-order valence-electron chi connectivity index (χ0n) is 10.3. The van der Waals surface area contributed by atoms with E-state index in [1.165, 1.54) is 12.1 Å². The van der Waals surface area contributed by atoms with Crippen molar-refractivity contribution in [3.05, 3.63) is 65.5 Å². The van der Waals surface area contributed by atoms with Crippen LogP contribution in [0, 0.1) is 5.82 Å². The van der Waals surface area contributed by atoms with Crippen LogP contribution >= 0.6 is 0 Å². The third-order valence-corrected chi connectivity index (χ3v) is 2.68. The molecule has 2 rings (SSSR count). The lowest BCUT2D eigenvalue weighted by atomic mass is 10.1. The van der Waals surface area contributed by atoms with Crippen LogP contribution in [0.15, 0.2) is 48.5 Å². The summed E-state index contributed by atoms with van der Waals surface area (Å²) in [6.45, 7) is 2.27. The monoisotopic (exact) mass is 245 g/mol. The molecule has 0 heterocycles. The minimum absolute atomic E-state index is 0.0253. The number of nitrogens with two attached hydrogens (primary N) is 1. The molecule has 0 bridgehead atoms. The normalized spacial score (nSPS) is 12.2.